The van der Waals surface area contributed by atoms with Crippen molar-refractivity contribution >= 4 is 10.9 Å². The summed E-state index contributed by atoms with van der Waals surface area (Å²) in [5.41, 5.74) is 2.64. The van der Waals surface area contributed by atoms with Gasteiger partial charge in [-0.15, -0.1) is 6.58 Å². The second-order valence-electron chi connectivity index (χ2n) is 3.12. The van der Waals surface area contributed by atoms with Crippen LogP contribution in [-0.4, -0.2) is 4.98 Å². The third-order valence-corrected chi connectivity index (χ3v) is 2.06. The van der Waals surface area contributed by atoms with Crippen LogP contribution in [0.1, 0.15) is 19.4 Å². The Morgan fingerprint density at radius 3 is 2.64 bits per heavy atom. The third kappa shape index (κ3) is 2.25. The molecule has 0 bridgehead atoms. The standard InChI is InChI=1S/C10H11N.C3H6/c1-2-8-7-11-10-6-4-3-5-9(8)10;1-3-2/h3-7,11H,2H2,1H3;3H,1H2,2H3. The normalized spacial score (nSPS) is 9.29. The highest BCUT2D eigenvalue weighted by Gasteiger charge is 1.97. The molecule has 0 aliphatic rings. The Bertz CT molecular complexity index is 398. The molecule has 1 aromatic heterocycles. The molecule has 1 aromatic carbocycles. The molecule has 1 heteroatoms. The molecule has 0 atom stereocenters. The topological polar surface area (TPSA) is 15.8 Å². The van der Waals surface area contributed by atoms with E-state index < -0.39 is 0 Å². The first kappa shape index (κ1) is 10.6. The van der Waals surface area contributed by atoms with E-state index in [2.05, 4.69) is 48.9 Å². The van der Waals surface area contributed by atoms with E-state index in [0.717, 1.165) is 6.42 Å². The average Bonchev–Trinajstić information content (AvgIpc) is 2.62. The quantitative estimate of drug-likeness (QED) is 0.651. The number of rotatable bonds is 1. The number of hydrogen-bond acceptors (Lipinski definition) is 0. The van der Waals surface area contributed by atoms with Crippen molar-refractivity contribution < 1.29 is 0 Å². The molecule has 0 saturated heterocycles. The van der Waals surface area contributed by atoms with Crippen LogP contribution in [0.4, 0.5) is 0 Å². The van der Waals surface area contributed by atoms with Gasteiger partial charge in [0, 0.05) is 17.1 Å². The number of nitrogens with one attached hydrogen (secondary N) is 1. The molecule has 0 aliphatic heterocycles. The second-order valence-corrected chi connectivity index (χ2v) is 3.12. The van der Waals surface area contributed by atoms with Crippen LogP contribution in [-0.2, 0) is 6.42 Å². The van der Waals surface area contributed by atoms with Gasteiger partial charge in [0.05, 0.1) is 0 Å². The van der Waals surface area contributed by atoms with E-state index in [4.69, 9.17) is 0 Å². The molecule has 2 rings (SSSR count). The molecule has 0 amide bonds. The minimum Gasteiger partial charge on any atom is -0.361 e. The maximum Gasteiger partial charge on any atom is 0.0456 e. The number of aryl methyl sites for hydroxylation is 1. The fourth-order valence-corrected chi connectivity index (χ4v) is 1.42. The fraction of sp³-hybridized carbons (Fsp3) is 0.231. The summed E-state index contributed by atoms with van der Waals surface area (Å²) in [7, 11) is 0. The molecule has 0 spiro atoms. The molecule has 0 saturated carbocycles. The fourth-order valence-electron chi connectivity index (χ4n) is 1.42. The second kappa shape index (κ2) is 5.28. The van der Waals surface area contributed by atoms with Crippen LogP contribution in [0.2, 0.25) is 0 Å². The van der Waals surface area contributed by atoms with Crippen molar-refractivity contribution in [2.45, 2.75) is 20.3 Å². The van der Waals surface area contributed by atoms with E-state index in [9.17, 15) is 0 Å². The summed E-state index contributed by atoms with van der Waals surface area (Å²) < 4.78 is 0. The summed E-state index contributed by atoms with van der Waals surface area (Å²) in [6, 6.07) is 8.40. The molecule has 0 radical (unpaired) electrons. The van der Waals surface area contributed by atoms with E-state index in [1.165, 1.54) is 16.5 Å². The van der Waals surface area contributed by atoms with Gasteiger partial charge in [0.25, 0.3) is 0 Å². The van der Waals surface area contributed by atoms with Crippen molar-refractivity contribution in [3.05, 3.63) is 48.7 Å². The molecule has 14 heavy (non-hydrogen) atoms. The lowest BCUT2D eigenvalue weighted by atomic mass is 10.1. The Kier molecular flexibility index (Phi) is 3.99. The van der Waals surface area contributed by atoms with Crippen LogP contribution in [0.25, 0.3) is 10.9 Å². The van der Waals surface area contributed by atoms with Crippen molar-refractivity contribution in [2.24, 2.45) is 0 Å². The van der Waals surface area contributed by atoms with Crippen LogP contribution < -0.4 is 0 Å². The van der Waals surface area contributed by atoms with Crippen LogP contribution >= 0.6 is 0 Å². The summed E-state index contributed by atoms with van der Waals surface area (Å²) in [5.74, 6) is 0. The van der Waals surface area contributed by atoms with Gasteiger partial charge >= 0.3 is 0 Å². The largest absolute Gasteiger partial charge is 0.361 e. The third-order valence-electron chi connectivity index (χ3n) is 2.06. The minimum absolute atomic E-state index is 1.10. The summed E-state index contributed by atoms with van der Waals surface area (Å²) in [6.07, 6.45) is 4.94. The number of aromatic nitrogens is 1. The van der Waals surface area contributed by atoms with Gasteiger partial charge in [0.15, 0.2) is 0 Å². The number of aromatic amines is 1. The summed E-state index contributed by atoms with van der Waals surface area (Å²) in [5, 5.41) is 1.36. The zero-order valence-electron chi connectivity index (χ0n) is 8.88. The number of fused-ring (bicyclic) bond motifs is 1. The molecular weight excluding hydrogens is 170 g/mol. The van der Waals surface area contributed by atoms with E-state index in [1.807, 2.05) is 6.92 Å². The van der Waals surface area contributed by atoms with Gasteiger partial charge in [0.1, 0.15) is 0 Å². The number of para-hydroxylation sites is 1. The Labute approximate surface area is 85.5 Å². The maximum atomic E-state index is 3.36. The molecule has 2 aromatic rings. The molecule has 0 fully saturated rings. The van der Waals surface area contributed by atoms with Crippen LogP contribution in [0.3, 0.4) is 0 Å². The van der Waals surface area contributed by atoms with E-state index >= 15 is 0 Å². The van der Waals surface area contributed by atoms with E-state index in [1.54, 1.807) is 6.08 Å². The summed E-state index contributed by atoms with van der Waals surface area (Å²) in [6.45, 7) is 7.43. The number of benzene rings is 1. The van der Waals surface area contributed by atoms with E-state index in [-0.39, 0.29) is 0 Å². The highest BCUT2D eigenvalue weighted by atomic mass is 14.7. The molecule has 1 N–H and O–H groups in total. The van der Waals surface area contributed by atoms with Crippen molar-refractivity contribution in [2.75, 3.05) is 0 Å². The summed E-state index contributed by atoms with van der Waals surface area (Å²) in [4.78, 5) is 3.24. The van der Waals surface area contributed by atoms with E-state index in [0.29, 0.717) is 0 Å². The number of hydrogen-bond donors (Lipinski definition) is 1. The Hall–Kier alpha value is -1.50. The zero-order chi connectivity index (χ0) is 10.4. The predicted octanol–water partition coefficient (Wildman–Crippen LogP) is 3.92. The minimum atomic E-state index is 1.10. The maximum absolute atomic E-state index is 3.36. The van der Waals surface area contributed by atoms with Gasteiger partial charge < -0.3 is 4.98 Å². The Morgan fingerprint density at radius 2 is 2.00 bits per heavy atom. The first-order chi connectivity index (χ1) is 6.83. The zero-order valence-corrected chi connectivity index (χ0v) is 8.88. The van der Waals surface area contributed by atoms with Gasteiger partial charge in [-0.3, -0.25) is 0 Å². The SMILES string of the molecule is C=CC.CCc1c[nH]c2ccccc12. The molecule has 74 valence electrons. The smallest absolute Gasteiger partial charge is 0.0456 e. The first-order valence-corrected chi connectivity index (χ1v) is 4.95. The Balaban J connectivity index is 0.000000293. The van der Waals surface area contributed by atoms with Crippen molar-refractivity contribution in [1.29, 1.82) is 0 Å². The van der Waals surface area contributed by atoms with Crippen molar-refractivity contribution in [3.63, 3.8) is 0 Å². The predicted molar refractivity (Wildman–Crippen MR) is 63.5 cm³/mol. The van der Waals surface area contributed by atoms with Crippen LogP contribution in [0, 0.1) is 0 Å². The van der Waals surface area contributed by atoms with Gasteiger partial charge in [-0.2, -0.15) is 0 Å². The van der Waals surface area contributed by atoms with Gasteiger partial charge in [-0.05, 0) is 25.0 Å². The van der Waals surface area contributed by atoms with Gasteiger partial charge in [0.2, 0.25) is 0 Å². The average molecular weight is 187 g/mol. The monoisotopic (exact) mass is 187 g/mol. The van der Waals surface area contributed by atoms with Crippen molar-refractivity contribution in [3.8, 4) is 0 Å². The van der Waals surface area contributed by atoms with Crippen LogP contribution in [0.15, 0.2) is 43.1 Å². The molecule has 0 unspecified atom stereocenters. The van der Waals surface area contributed by atoms with Gasteiger partial charge in [-0.25, -0.2) is 0 Å². The molecule has 1 nitrogen and oxygen atoms in total. The Morgan fingerprint density at radius 1 is 1.36 bits per heavy atom. The molecule has 1 heterocycles. The number of H-pyrrole nitrogens is 1. The lowest BCUT2D eigenvalue weighted by Gasteiger charge is -1.90. The number of allylic oxidation sites excluding steroid dienone is 1. The summed E-state index contributed by atoms with van der Waals surface area (Å²) >= 11 is 0. The highest BCUT2D eigenvalue weighted by Crippen LogP contribution is 2.17. The highest BCUT2D eigenvalue weighted by molar-refractivity contribution is 5.82. The van der Waals surface area contributed by atoms with Crippen LogP contribution in [0.5, 0.6) is 0 Å². The lowest BCUT2D eigenvalue weighted by Crippen LogP contribution is -1.72. The molecular formula is C13H17N. The molecule has 0 aliphatic carbocycles. The van der Waals surface area contributed by atoms with Crippen molar-refractivity contribution in [1.82, 2.24) is 4.98 Å². The van der Waals surface area contributed by atoms with Gasteiger partial charge in [-0.1, -0.05) is 31.2 Å². The lowest BCUT2D eigenvalue weighted by molar-refractivity contribution is 1.15. The first-order valence-electron chi connectivity index (χ1n) is 4.95.